The summed E-state index contributed by atoms with van der Waals surface area (Å²) in [5.74, 6) is 0. The molecule has 0 amide bonds. The summed E-state index contributed by atoms with van der Waals surface area (Å²) in [6.45, 7) is 15.0. The fourth-order valence-electron chi connectivity index (χ4n) is 2.64. The van der Waals surface area contributed by atoms with Gasteiger partial charge in [-0.2, -0.15) is 0 Å². The van der Waals surface area contributed by atoms with Gasteiger partial charge in [-0.15, -0.1) is 36.4 Å². The molecule has 0 spiro atoms. The lowest BCUT2D eigenvalue weighted by Crippen LogP contribution is -2.50. The van der Waals surface area contributed by atoms with Crippen LogP contribution in [0.3, 0.4) is 0 Å². The third-order valence-electron chi connectivity index (χ3n) is 3.94. The average Bonchev–Trinajstić information content (AvgIpc) is 2.37. The molecule has 0 bridgehead atoms. The summed E-state index contributed by atoms with van der Waals surface area (Å²) < 4.78 is 1.42. The number of hydrogen-bond donors (Lipinski definition) is 0. The average molecular weight is 407 g/mol. The second-order valence-corrected chi connectivity index (χ2v) is 5.65. The monoisotopic (exact) mass is 406 g/mol. The quantitative estimate of drug-likeness (QED) is 0.273. The molecule has 0 aromatic heterocycles. The van der Waals surface area contributed by atoms with Crippen molar-refractivity contribution in [1.29, 1.82) is 0 Å². The first kappa shape index (κ1) is 25.0. The second kappa shape index (κ2) is 17.0. The molecule has 3 heteroatoms. The van der Waals surface area contributed by atoms with Gasteiger partial charge in [-0.05, 0) is 25.7 Å². The van der Waals surface area contributed by atoms with Crippen molar-refractivity contribution in [3.63, 3.8) is 0 Å². The van der Waals surface area contributed by atoms with E-state index in [-0.39, 0.29) is 36.4 Å². The van der Waals surface area contributed by atoms with Gasteiger partial charge in [-0.3, -0.25) is 0 Å². The largest absolute Gasteiger partial charge is 0.324 e. The number of hydrogen-bond acceptors (Lipinski definition) is 0. The van der Waals surface area contributed by atoms with Gasteiger partial charge in [0.1, 0.15) is 0 Å². The summed E-state index contributed by atoms with van der Waals surface area (Å²) in [6.07, 6.45) is 11.1. The lowest BCUT2D eigenvalue weighted by molar-refractivity contribution is -0.929. The van der Waals surface area contributed by atoms with Crippen LogP contribution in [-0.4, -0.2) is 30.7 Å². The second-order valence-electron chi connectivity index (χ2n) is 5.65. The molecule has 0 aliphatic carbocycles. The van der Waals surface area contributed by atoms with E-state index in [9.17, 15) is 0 Å². The predicted octanol–water partition coefficient (Wildman–Crippen LogP) is 6.04. The van der Waals surface area contributed by atoms with Crippen LogP contribution in [0.1, 0.15) is 79.1 Å². The van der Waals surface area contributed by atoms with Crippen LogP contribution in [-0.2, 0) is 0 Å². The zero-order valence-electron chi connectivity index (χ0n) is 13.7. The highest BCUT2D eigenvalue weighted by molar-refractivity contribution is 14.0. The molecule has 1 nitrogen and oxygen atoms in total. The molecule has 0 atom stereocenters. The van der Waals surface area contributed by atoms with Crippen LogP contribution in [0.5, 0.6) is 0 Å². The minimum atomic E-state index is 0. The third-order valence-corrected chi connectivity index (χ3v) is 3.94. The van der Waals surface area contributed by atoms with Gasteiger partial charge in [0.15, 0.2) is 0 Å². The van der Waals surface area contributed by atoms with Crippen LogP contribution in [0, 0.1) is 0 Å². The van der Waals surface area contributed by atoms with E-state index < -0.39 is 0 Å². The SMILES string of the molecule is CCCC[N+](CCCC)(CCCC)CCCC.Cl.I. The van der Waals surface area contributed by atoms with Crippen LogP contribution in [0.4, 0.5) is 0 Å². The smallest absolute Gasteiger partial charge is 0.0786 e. The van der Waals surface area contributed by atoms with Crippen LogP contribution >= 0.6 is 36.4 Å². The Kier molecular flexibility index (Phi) is 22.4. The van der Waals surface area contributed by atoms with Crippen molar-refractivity contribution >= 4 is 36.4 Å². The van der Waals surface area contributed by atoms with Crippen molar-refractivity contribution in [2.24, 2.45) is 0 Å². The van der Waals surface area contributed by atoms with E-state index in [1.807, 2.05) is 0 Å². The summed E-state index contributed by atoms with van der Waals surface area (Å²) in [5.41, 5.74) is 0. The molecule has 0 saturated heterocycles. The van der Waals surface area contributed by atoms with Gasteiger partial charge in [0.05, 0.1) is 26.2 Å². The Morgan fingerprint density at radius 1 is 0.526 bits per heavy atom. The maximum atomic E-state index is 2.33. The van der Waals surface area contributed by atoms with Gasteiger partial charge in [0.25, 0.3) is 0 Å². The lowest BCUT2D eigenvalue weighted by atomic mass is 10.1. The fourth-order valence-corrected chi connectivity index (χ4v) is 2.64. The summed E-state index contributed by atoms with van der Waals surface area (Å²) in [7, 11) is 0. The fraction of sp³-hybridized carbons (Fsp3) is 1.00. The normalized spacial score (nSPS) is 10.7. The number of unbranched alkanes of at least 4 members (excludes halogenated alkanes) is 4. The van der Waals surface area contributed by atoms with Crippen molar-refractivity contribution < 1.29 is 4.48 Å². The van der Waals surface area contributed by atoms with Gasteiger partial charge >= 0.3 is 0 Å². The molecule has 120 valence electrons. The molecule has 0 aliphatic heterocycles. The molecular formula is C16H38ClIN+. The first-order valence-electron chi connectivity index (χ1n) is 8.09. The highest BCUT2D eigenvalue weighted by Gasteiger charge is 2.24. The Balaban J connectivity index is -0.00000128. The third kappa shape index (κ3) is 12.4. The van der Waals surface area contributed by atoms with Gasteiger partial charge in [-0.25, -0.2) is 0 Å². The molecule has 0 aromatic rings. The molecule has 19 heavy (non-hydrogen) atoms. The molecule has 0 fully saturated rings. The Hall–Kier alpha value is 0.980. The first-order valence-corrected chi connectivity index (χ1v) is 8.09. The van der Waals surface area contributed by atoms with Crippen LogP contribution in [0.15, 0.2) is 0 Å². The molecule has 0 rings (SSSR count). The van der Waals surface area contributed by atoms with Crippen LogP contribution in [0.2, 0.25) is 0 Å². The van der Waals surface area contributed by atoms with Gasteiger partial charge in [-0.1, -0.05) is 53.4 Å². The van der Waals surface area contributed by atoms with E-state index >= 15 is 0 Å². The van der Waals surface area contributed by atoms with E-state index in [1.54, 1.807) is 0 Å². The van der Waals surface area contributed by atoms with Crippen molar-refractivity contribution in [2.75, 3.05) is 26.2 Å². The minimum absolute atomic E-state index is 0. The molecule has 0 saturated carbocycles. The maximum Gasteiger partial charge on any atom is 0.0786 e. The molecule has 0 unspecified atom stereocenters. The van der Waals surface area contributed by atoms with Crippen molar-refractivity contribution in [3.05, 3.63) is 0 Å². The van der Waals surface area contributed by atoms with E-state index in [0.717, 1.165) is 0 Å². The number of nitrogens with zero attached hydrogens (tertiary/aromatic N) is 1. The Morgan fingerprint density at radius 2 is 0.737 bits per heavy atom. The first-order chi connectivity index (χ1) is 8.24. The molecule has 0 heterocycles. The molecule has 0 aromatic carbocycles. The van der Waals surface area contributed by atoms with Gasteiger partial charge in [0, 0.05) is 0 Å². The molecule has 0 aliphatic rings. The Bertz CT molecular complexity index is 127. The lowest BCUT2D eigenvalue weighted by Gasteiger charge is -2.39. The zero-order valence-corrected chi connectivity index (χ0v) is 16.9. The van der Waals surface area contributed by atoms with E-state index in [1.165, 1.54) is 82.0 Å². The number of rotatable bonds is 12. The van der Waals surface area contributed by atoms with Crippen LogP contribution in [0.25, 0.3) is 0 Å². The van der Waals surface area contributed by atoms with Crippen molar-refractivity contribution in [1.82, 2.24) is 0 Å². The summed E-state index contributed by atoms with van der Waals surface area (Å²) in [6, 6.07) is 0. The zero-order chi connectivity index (χ0) is 13.0. The van der Waals surface area contributed by atoms with E-state index in [4.69, 9.17) is 0 Å². The summed E-state index contributed by atoms with van der Waals surface area (Å²) in [4.78, 5) is 0. The van der Waals surface area contributed by atoms with E-state index in [0.29, 0.717) is 0 Å². The van der Waals surface area contributed by atoms with Crippen molar-refractivity contribution in [2.45, 2.75) is 79.1 Å². The maximum absolute atomic E-state index is 2.33. The molecule has 0 N–H and O–H groups in total. The van der Waals surface area contributed by atoms with Gasteiger partial charge < -0.3 is 4.48 Å². The van der Waals surface area contributed by atoms with Gasteiger partial charge in [0.2, 0.25) is 0 Å². The summed E-state index contributed by atoms with van der Waals surface area (Å²) >= 11 is 0. The van der Waals surface area contributed by atoms with E-state index in [2.05, 4.69) is 27.7 Å². The topological polar surface area (TPSA) is 0 Å². The number of halogens is 2. The predicted molar refractivity (Wildman–Crippen MR) is 102 cm³/mol. The highest BCUT2D eigenvalue weighted by atomic mass is 127. The van der Waals surface area contributed by atoms with Crippen molar-refractivity contribution in [3.8, 4) is 0 Å². The summed E-state index contributed by atoms with van der Waals surface area (Å²) in [5, 5.41) is 0. The number of quaternary nitrogens is 1. The minimum Gasteiger partial charge on any atom is -0.324 e. The molecular weight excluding hydrogens is 369 g/mol. The highest BCUT2D eigenvalue weighted by Crippen LogP contribution is 2.16. The molecule has 0 radical (unpaired) electrons. The van der Waals surface area contributed by atoms with Crippen LogP contribution < -0.4 is 0 Å². The standard InChI is InChI=1S/C16H36N.ClH.HI/c1-5-9-13-17(14-10-6-2,15-11-7-3)16-12-8-4;;/h5-16H2,1-4H3;2*1H/q+1;;. The Labute approximate surface area is 145 Å². The Morgan fingerprint density at radius 3 is 0.895 bits per heavy atom.